The van der Waals surface area contributed by atoms with Crippen molar-refractivity contribution < 1.29 is 0 Å². The van der Waals surface area contributed by atoms with Gasteiger partial charge in [0.1, 0.15) is 12.1 Å². The molecule has 0 radical (unpaired) electrons. The first kappa shape index (κ1) is 10.5. The summed E-state index contributed by atoms with van der Waals surface area (Å²) < 4.78 is 0. The van der Waals surface area contributed by atoms with Gasteiger partial charge in [-0.05, 0) is 0 Å². The van der Waals surface area contributed by atoms with Gasteiger partial charge in [0.15, 0.2) is 0 Å². The predicted octanol–water partition coefficient (Wildman–Crippen LogP) is 1.90. The molecular weight excluding hydrogens is 223 g/mol. The zero-order valence-corrected chi connectivity index (χ0v) is 8.32. The van der Waals surface area contributed by atoms with Gasteiger partial charge in [-0.1, -0.05) is 23.2 Å². The van der Waals surface area contributed by atoms with Crippen LogP contribution >= 0.6 is 23.2 Å². The van der Waals surface area contributed by atoms with Crippen LogP contribution in [0.25, 0.3) is 0 Å². The van der Waals surface area contributed by atoms with Crippen molar-refractivity contribution in [3.8, 4) is 12.1 Å². The summed E-state index contributed by atoms with van der Waals surface area (Å²) in [7, 11) is 0. The molecule has 0 heterocycles. The highest BCUT2D eigenvalue weighted by molar-refractivity contribution is 6.45. The summed E-state index contributed by atoms with van der Waals surface area (Å²) in [5, 5.41) is 17.4. The molecule has 1 aromatic rings. The molecule has 0 saturated carbocycles. The molecule has 0 saturated heterocycles. The zero-order chi connectivity index (χ0) is 10.9. The second kappa shape index (κ2) is 3.63. The Bertz CT molecular complexity index is 437. The third-order valence-electron chi connectivity index (χ3n) is 1.68. The van der Waals surface area contributed by atoms with Crippen molar-refractivity contribution in [2.45, 2.75) is 0 Å². The van der Waals surface area contributed by atoms with Gasteiger partial charge in [0, 0.05) is 0 Å². The number of anilines is 2. The lowest BCUT2D eigenvalue weighted by atomic mass is 10.1. The SMILES string of the molecule is N#Cc1c(N)c(N)c(Cl)c(Cl)c1C#N. The van der Waals surface area contributed by atoms with Crippen molar-refractivity contribution in [2.24, 2.45) is 0 Å². The van der Waals surface area contributed by atoms with E-state index in [9.17, 15) is 0 Å². The first-order valence-electron chi connectivity index (χ1n) is 3.40. The smallest absolute Gasteiger partial charge is 0.103 e. The molecular formula is C8H4Cl2N4. The topological polar surface area (TPSA) is 99.6 Å². The van der Waals surface area contributed by atoms with E-state index in [-0.39, 0.29) is 32.5 Å². The van der Waals surface area contributed by atoms with Gasteiger partial charge in [0.2, 0.25) is 0 Å². The van der Waals surface area contributed by atoms with Gasteiger partial charge >= 0.3 is 0 Å². The molecule has 4 nitrogen and oxygen atoms in total. The van der Waals surface area contributed by atoms with Gasteiger partial charge in [0.25, 0.3) is 0 Å². The van der Waals surface area contributed by atoms with Gasteiger partial charge < -0.3 is 11.5 Å². The van der Waals surface area contributed by atoms with Crippen molar-refractivity contribution >= 4 is 34.6 Å². The summed E-state index contributed by atoms with van der Waals surface area (Å²) >= 11 is 11.4. The molecule has 0 aliphatic rings. The monoisotopic (exact) mass is 226 g/mol. The Hall–Kier alpha value is -1.62. The van der Waals surface area contributed by atoms with Crippen LogP contribution in [0.3, 0.4) is 0 Å². The number of benzene rings is 1. The molecule has 0 unspecified atom stereocenters. The summed E-state index contributed by atoms with van der Waals surface area (Å²) in [6.07, 6.45) is 0. The maximum atomic E-state index is 8.73. The number of nitriles is 2. The molecule has 14 heavy (non-hydrogen) atoms. The van der Waals surface area contributed by atoms with E-state index in [0.29, 0.717) is 0 Å². The molecule has 4 N–H and O–H groups in total. The lowest BCUT2D eigenvalue weighted by Crippen LogP contribution is -2.02. The van der Waals surface area contributed by atoms with E-state index >= 15 is 0 Å². The van der Waals surface area contributed by atoms with Crippen LogP contribution in [0.5, 0.6) is 0 Å². The van der Waals surface area contributed by atoms with Gasteiger partial charge in [0.05, 0.1) is 32.5 Å². The summed E-state index contributed by atoms with van der Waals surface area (Å²) in [6.45, 7) is 0. The molecule has 0 atom stereocenters. The number of nitrogens with zero attached hydrogens (tertiary/aromatic N) is 2. The Morgan fingerprint density at radius 3 is 1.79 bits per heavy atom. The van der Waals surface area contributed by atoms with E-state index in [4.69, 9.17) is 45.2 Å². The Kier molecular flexibility index (Phi) is 2.71. The lowest BCUT2D eigenvalue weighted by Gasteiger charge is -2.08. The Balaban J connectivity index is 3.79. The molecule has 70 valence electrons. The first-order valence-corrected chi connectivity index (χ1v) is 4.16. The number of hydrogen-bond acceptors (Lipinski definition) is 4. The van der Waals surface area contributed by atoms with Crippen LogP contribution < -0.4 is 11.5 Å². The number of rotatable bonds is 0. The number of nitrogen functional groups attached to an aromatic ring is 2. The van der Waals surface area contributed by atoms with E-state index in [1.165, 1.54) is 0 Å². The Labute approximate surface area is 90.2 Å². The Morgan fingerprint density at radius 1 is 0.857 bits per heavy atom. The van der Waals surface area contributed by atoms with E-state index in [1.807, 2.05) is 0 Å². The van der Waals surface area contributed by atoms with Crippen LogP contribution in [0.1, 0.15) is 11.1 Å². The molecule has 0 fully saturated rings. The number of halogens is 2. The summed E-state index contributed by atoms with van der Waals surface area (Å²) in [5.41, 5.74) is 10.9. The van der Waals surface area contributed by atoms with Gasteiger partial charge in [-0.15, -0.1) is 0 Å². The highest BCUT2D eigenvalue weighted by Gasteiger charge is 2.18. The van der Waals surface area contributed by atoms with Crippen molar-refractivity contribution in [3.05, 3.63) is 21.2 Å². The molecule has 1 aromatic carbocycles. The second-order valence-electron chi connectivity index (χ2n) is 2.43. The quantitative estimate of drug-likeness (QED) is 0.661. The average Bonchev–Trinajstić information content (AvgIpc) is 2.20. The van der Waals surface area contributed by atoms with Crippen LogP contribution in [0.2, 0.25) is 10.0 Å². The third kappa shape index (κ3) is 1.31. The second-order valence-corrected chi connectivity index (χ2v) is 3.18. The highest BCUT2D eigenvalue weighted by atomic mass is 35.5. The largest absolute Gasteiger partial charge is 0.396 e. The van der Waals surface area contributed by atoms with Crippen LogP contribution in [0, 0.1) is 22.7 Å². The summed E-state index contributed by atoms with van der Waals surface area (Å²) in [4.78, 5) is 0. The van der Waals surface area contributed by atoms with Crippen LogP contribution in [-0.2, 0) is 0 Å². The number of hydrogen-bond donors (Lipinski definition) is 2. The minimum absolute atomic E-state index is 0.000262. The fourth-order valence-corrected chi connectivity index (χ4v) is 1.38. The van der Waals surface area contributed by atoms with E-state index in [1.54, 1.807) is 12.1 Å². The first-order chi connectivity index (χ1) is 6.54. The van der Waals surface area contributed by atoms with Crippen LogP contribution in [0.15, 0.2) is 0 Å². The maximum Gasteiger partial charge on any atom is 0.103 e. The van der Waals surface area contributed by atoms with Crippen molar-refractivity contribution in [2.75, 3.05) is 11.5 Å². The van der Waals surface area contributed by atoms with Crippen LogP contribution in [0.4, 0.5) is 11.4 Å². The fourth-order valence-electron chi connectivity index (χ4n) is 0.946. The molecule has 6 heteroatoms. The summed E-state index contributed by atoms with van der Waals surface area (Å²) in [6, 6.07) is 3.50. The van der Waals surface area contributed by atoms with E-state index in [2.05, 4.69) is 0 Å². The van der Waals surface area contributed by atoms with Crippen LogP contribution in [-0.4, -0.2) is 0 Å². The predicted molar refractivity (Wildman–Crippen MR) is 54.7 cm³/mol. The Morgan fingerprint density at radius 2 is 1.36 bits per heavy atom. The van der Waals surface area contributed by atoms with E-state index in [0.717, 1.165) is 0 Å². The van der Waals surface area contributed by atoms with Crippen molar-refractivity contribution in [1.82, 2.24) is 0 Å². The average molecular weight is 227 g/mol. The minimum atomic E-state index is -0.0501. The molecule has 0 spiro atoms. The molecule has 0 bridgehead atoms. The van der Waals surface area contributed by atoms with Gasteiger partial charge in [-0.2, -0.15) is 10.5 Å². The van der Waals surface area contributed by atoms with Crippen molar-refractivity contribution in [3.63, 3.8) is 0 Å². The van der Waals surface area contributed by atoms with Gasteiger partial charge in [-0.3, -0.25) is 0 Å². The minimum Gasteiger partial charge on any atom is -0.396 e. The fraction of sp³-hybridized carbons (Fsp3) is 0. The standard InChI is InChI=1S/C8H4Cl2N4/c9-5-3(1-11)4(2-12)7(13)8(14)6(5)10/h13-14H2. The van der Waals surface area contributed by atoms with E-state index < -0.39 is 0 Å². The molecule has 0 aromatic heterocycles. The zero-order valence-electron chi connectivity index (χ0n) is 6.81. The van der Waals surface area contributed by atoms with Gasteiger partial charge in [-0.25, -0.2) is 0 Å². The highest BCUT2D eigenvalue weighted by Crippen LogP contribution is 2.38. The van der Waals surface area contributed by atoms with Crippen molar-refractivity contribution in [1.29, 1.82) is 10.5 Å². The normalized spacial score (nSPS) is 9.14. The summed E-state index contributed by atoms with van der Waals surface area (Å²) in [5.74, 6) is 0. The maximum absolute atomic E-state index is 8.73. The lowest BCUT2D eigenvalue weighted by molar-refractivity contribution is 1.43. The number of nitrogens with two attached hydrogens (primary N) is 2. The third-order valence-corrected chi connectivity index (χ3v) is 2.55. The molecule has 0 aliphatic carbocycles. The molecule has 0 amide bonds. The molecule has 1 rings (SSSR count). The molecule has 0 aliphatic heterocycles.